The number of aromatic nitrogens is 7. The van der Waals surface area contributed by atoms with Crippen LogP contribution in [0.25, 0.3) is 17.1 Å². The molecule has 188 valence electrons. The van der Waals surface area contributed by atoms with Crippen LogP contribution in [0, 0.1) is 0 Å². The second-order valence-corrected chi connectivity index (χ2v) is 9.35. The lowest BCUT2D eigenvalue weighted by Crippen LogP contribution is -2.37. The fraction of sp³-hybridized carbons (Fsp3) is 0.360. The molecule has 3 aliphatic rings. The van der Waals surface area contributed by atoms with E-state index in [1.54, 1.807) is 16.9 Å². The summed E-state index contributed by atoms with van der Waals surface area (Å²) in [6.45, 7) is 3.74. The zero-order chi connectivity index (χ0) is 24.8. The van der Waals surface area contributed by atoms with Crippen LogP contribution < -0.4 is 15.0 Å². The predicted molar refractivity (Wildman–Crippen MR) is 133 cm³/mol. The highest BCUT2D eigenvalue weighted by Crippen LogP contribution is 2.40. The van der Waals surface area contributed by atoms with Crippen molar-refractivity contribution in [1.82, 2.24) is 34.7 Å². The molecule has 0 unspecified atom stereocenters. The molecule has 37 heavy (non-hydrogen) atoms. The Hall–Kier alpha value is -4.32. The second kappa shape index (κ2) is 8.96. The summed E-state index contributed by atoms with van der Waals surface area (Å²) in [5, 5.41) is 14.9. The van der Waals surface area contributed by atoms with Gasteiger partial charge in [-0.1, -0.05) is 6.07 Å². The first-order chi connectivity index (χ1) is 18.2. The first kappa shape index (κ1) is 21.9. The van der Waals surface area contributed by atoms with E-state index >= 15 is 0 Å². The van der Waals surface area contributed by atoms with Gasteiger partial charge < -0.3 is 24.3 Å². The minimum atomic E-state index is -0.335. The van der Waals surface area contributed by atoms with Crippen molar-refractivity contribution >= 4 is 17.3 Å². The van der Waals surface area contributed by atoms with Crippen LogP contribution in [0.3, 0.4) is 0 Å². The van der Waals surface area contributed by atoms with Gasteiger partial charge in [-0.05, 0) is 41.5 Å². The number of pyridine rings is 1. The monoisotopic (exact) mass is 499 g/mol. The lowest BCUT2D eigenvalue weighted by atomic mass is 10.1. The van der Waals surface area contributed by atoms with Gasteiger partial charge in [0.1, 0.15) is 12.3 Å². The van der Waals surface area contributed by atoms with Crippen molar-refractivity contribution in [2.75, 3.05) is 43.1 Å². The Labute approximate surface area is 212 Å². The largest absolute Gasteiger partial charge is 0.489 e. The summed E-state index contributed by atoms with van der Waals surface area (Å²) in [6, 6.07) is 7.34. The SMILES string of the molecule is O=C(Nc1cccc2c1OCCn1nnnc1-2)c1cc(-n2cnc(C3CC3)c2)c(N2CCOCC2)cn1. The van der Waals surface area contributed by atoms with Gasteiger partial charge >= 0.3 is 0 Å². The molecule has 1 N–H and O–H groups in total. The third-order valence-electron chi connectivity index (χ3n) is 6.91. The Kier molecular flexibility index (Phi) is 5.31. The van der Waals surface area contributed by atoms with Gasteiger partial charge in [-0.15, -0.1) is 5.10 Å². The molecular weight excluding hydrogens is 474 g/mol. The number of benzene rings is 1. The molecule has 0 spiro atoms. The maximum atomic E-state index is 13.4. The number of amides is 1. The zero-order valence-corrected chi connectivity index (χ0v) is 20.1. The van der Waals surface area contributed by atoms with Crippen LogP contribution in [-0.4, -0.2) is 73.6 Å². The lowest BCUT2D eigenvalue weighted by Gasteiger charge is -2.30. The molecule has 1 saturated heterocycles. The van der Waals surface area contributed by atoms with E-state index in [1.807, 2.05) is 29.1 Å². The number of morpholine rings is 1. The Morgan fingerprint density at radius 2 is 1.95 bits per heavy atom. The highest BCUT2D eigenvalue weighted by atomic mass is 16.5. The standard InChI is InChI=1S/C25H25N9O3/c35-25(28-18-3-1-2-17-23(18)37-11-8-34-24(17)29-30-31-34)19-12-21(33-14-20(27-15-33)16-4-5-16)22(13-26-19)32-6-9-36-10-7-32/h1-3,12-16H,4-11H2,(H,28,35). The van der Waals surface area contributed by atoms with Gasteiger partial charge in [-0.25, -0.2) is 14.6 Å². The molecule has 12 heteroatoms. The predicted octanol–water partition coefficient (Wildman–Crippen LogP) is 2.28. The Bertz CT molecular complexity index is 1470. The van der Waals surface area contributed by atoms with Gasteiger partial charge in [0.25, 0.3) is 5.91 Å². The summed E-state index contributed by atoms with van der Waals surface area (Å²) < 4.78 is 15.2. The zero-order valence-electron chi connectivity index (χ0n) is 20.1. The summed E-state index contributed by atoms with van der Waals surface area (Å²) in [6.07, 6.45) is 8.00. The van der Waals surface area contributed by atoms with Crippen molar-refractivity contribution in [3.05, 3.63) is 54.4 Å². The van der Waals surface area contributed by atoms with E-state index in [9.17, 15) is 4.79 Å². The van der Waals surface area contributed by atoms with E-state index in [0.29, 0.717) is 55.2 Å². The van der Waals surface area contributed by atoms with E-state index in [2.05, 4.69) is 41.9 Å². The molecule has 0 atom stereocenters. The van der Waals surface area contributed by atoms with Crippen LogP contribution in [0.2, 0.25) is 0 Å². The second-order valence-electron chi connectivity index (χ2n) is 9.35. The number of para-hydroxylation sites is 1. The number of anilines is 2. The summed E-state index contributed by atoms with van der Waals surface area (Å²) in [7, 11) is 0. The van der Waals surface area contributed by atoms with Crippen molar-refractivity contribution in [1.29, 1.82) is 0 Å². The average molecular weight is 500 g/mol. The normalized spacial score (nSPS) is 16.9. The van der Waals surface area contributed by atoms with Crippen molar-refractivity contribution in [3.8, 4) is 22.8 Å². The first-order valence-corrected chi connectivity index (χ1v) is 12.5. The molecule has 1 saturated carbocycles. The Morgan fingerprint density at radius 1 is 1.05 bits per heavy atom. The molecule has 5 heterocycles. The van der Waals surface area contributed by atoms with Crippen LogP contribution >= 0.6 is 0 Å². The molecule has 2 fully saturated rings. The smallest absolute Gasteiger partial charge is 0.274 e. The van der Waals surface area contributed by atoms with E-state index in [0.717, 1.165) is 35.7 Å². The highest BCUT2D eigenvalue weighted by molar-refractivity contribution is 6.05. The fourth-order valence-corrected chi connectivity index (χ4v) is 4.81. The van der Waals surface area contributed by atoms with Gasteiger partial charge in [0.05, 0.1) is 60.6 Å². The van der Waals surface area contributed by atoms with Crippen LogP contribution in [0.15, 0.2) is 43.0 Å². The number of tetrazole rings is 1. The number of carbonyl (C=O) groups is 1. The van der Waals surface area contributed by atoms with Crippen LogP contribution in [0.4, 0.5) is 11.4 Å². The van der Waals surface area contributed by atoms with Crippen LogP contribution in [0.1, 0.15) is 34.9 Å². The van der Waals surface area contributed by atoms with Crippen molar-refractivity contribution < 1.29 is 14.3 Å². The third-order valence-corrected chi connectivity index (χ3v) is 6.91. The van der Waals surface area contributed by atoms with Gasteiger partial charge in [-0.3, -0.25) is 4.79 Å². The number of ether oxygens (including phenoxy) is 2. The van der Waals surface area contributed by atoms with Crippen molar-refractivity contribution in [2.45, 2.75) is 25.3 Å². The minimum absolute atomic E-state index is 0.296. The van der Waals surface area contributed by atoms with Crippen LogP contribution in [0.5, 0.6) is 5.75 Å². The Balaban J connectivity index is 1.23. The summed E-state index contributed by atoms with van der Waals surface area (Å²) in [5.74, 6) is 1.34. The van der Waals surface area contributed by atoms with E-state index in [4.69, 9.17) is 9.47 Å². The Morgan fingerprint density at radius 3 is 2.81 bits per heavy atom. The molecule has 1 aliphatic carbocycles. The van der Waals surface area contributed by atoms with Gasteiger partial charge in [-0.2, -0.15) is 0 Å². The molecule has 0 radical (unpaired) electrons. The third kappa shape index (κ3) is 4.08. The molecule has 7 rings (SSSR count). The maximum absolute atomic E-state index is 13.4. The lowest BCUT2D eigenvalue weighted by molar-refractivity contribution is 0.102. The summed E-state index contributed by atoms with van der Waals surface area (Å²) in [4.78, 5) is 24.8. The highest BCUT2D eigenvalue weighted by Gasteiger charge is 2.27. The summed E-state index contributed by atoms with van der Waals surface area (Å²) in [5.41, 5.74) is 4.46. The van der Waals surface area contributed by atoms with E-state index in [1.165, 1.54) is 12.8 Å². The molecule has 2 aliphatic heterocycles. The number of hydrogen-bond donors (Lipinski definition) is 1. The van der Waals surface area contributed by atoms with Gasteiger partial charge in [0, 0.05) is 25.2 Å². The maximum Gasteiger partial charge on any atom is 0.274 e. The van der Waals surface area contributed by atoms with Gasteiger partial charge in [0.15, 0.2) is 11.6 Å². The number of fused-ring (bicyclic) bond motifs is 3. The quantitative estimate of drug-likeness (QED) is 0.440. The summed E-state index contributed by atoms with van der Waals surface area (Å²) >= 11 is 0. The topological polar surface area (TPSA) is 125 Å². The fourth-order valence-electron chi connectivity index (χ4n) is 4.81. The number of carbonyl (C=O) groups excluding carboxylic acids is 1. The molecule has 1 aromatic carbocycles. The van der Waals surface area contributed by atoms with Crippen LogP contribution in [-0.2, 0) is 11.3 Å². The number of hydrogen-bond acceptors (Lipinski definition) is 9. The average Bonchev–Trinajstić information content (AvgIpc) is 3.54. The number of rotatable bonds is 5. The van der Waals surface area contributed by atoms with E-state index < -0.39 is 0 Å². The molecular formula is C25H25N9O3. The number of nitrogens with one attached hydrogen (secondary N) is 1. The molecule has 3 aromatic heterocycles. The molecule has 0 bridgehead atoms. The number of imidazole rings is 1. The van der Waals surface area contributed by atoms with Crippen molar-refractivity contribution in [2.24, 2.45) is 0 Å². The molecule has 1 amide bonds. The minimum Gasteiger partial charge on any atom is -0.489 e. The molecule has 12 nitrogen and oxygen atoms in total. The number of nitrogens with zero attached hydrogens (tertiary/aromatic N) is 8. The molecule has 4 aromatic rings. The first-order valence-electron chi connectivity index (χ1n) is 12.5. The van der Waals surface area contributed by atoms with E-state index in [-0.39, 0.29) is 5.91 Å². The van der Waals surface area contributed by atoms with Gasteiger partial charge in [0.2, 0.25) is 0 Å². The van der Waals surface area contributed by atoms with Crippen molar-refractivity contribution in [3.63, 3.8) is 0 Å².